The number of hydrogen-bond donors (Lipinski definition) is 1. The van der Waals surface area contributed by atoms with Gasteiger partial charge in [0, 0.05) is 5.56 Å². The molecule has 0 saturated heterocycles. The molecule has 0 unspecified atom stereocenters. The molecule has 0 amide bonds. The van der Waals surface area contributed by atoms with E-state index >= 15 is 0 Å². The van der Waals surface area contributed by atoms with Gasteiger partial charge in [-0.25, -0.2) is 9.18 Å². The Bertz CT molecular complexity index is 658. The van der Waals surface area contributed by atoms with Crippen LogP contribution in [0.5, 0.6) is 0 Å². The summed E-state index contributed by atoms with van der Waals surface area (Å²) in [6, 6.07) is 7.33. The van der Waals surface area contributed by atoms with Crippen LogP contribution in [0.15, 0.2) is 24.3 Å². The molecule has 6 heteroatoms. The summed E-state index contributed by atoms with van der Waals surface area (Å²) in [7, 11) is 0. The Hall–Kier alpha value is -2.68. The molecule has 1 heterocycles. The molecule has 2 aromatic rings. The van der Waals surface area contributed by atoms with Gasteiger partial charge in [-0.2, -0.15) is 10.4 Å². The van der Waals surface area contributed by atoms with Gasteiger partial charge in [-0.1, -0.05) is 0 Å². The lowest BCUT2D eigenvalue weighted by Gasteiger charge is -1.98. The number of halogens is 1. The number of H-pyrrole nitrogens is 1. The fourth-order valence-corrected chi connectivity index (χ4v) is 1.56. The molecule has 0 aliphatic carbocycles. The second kappa shape index (κ2) is 5.31. The summed E-state index contributed by atoms with van der Waals surface area (Å²) in [4.78, 5) is 11.4. The van der Waals surface area contributed by atoms with Gasteiger partial charge < -0.3 is 4.74 Å². The second-order valence-corrected chi connectivity index (χ2v) is 3.69. The van der Waals surface area contributed by atoms with Gasteiger partial charge in [-0.05, 0) is 31.2 Å². The van der Waals surface area contributed by atoms with Crippen LogP contribution in [0.4, 0.5) is 4.39 Å². The number of nitrogens with one attached hydrogen (secondary N) is 1. The highest BCUT2D eigenvalue weighted by Gasteiger charge is 2.13. The molecule has 0 spiro atoms. The minimum atomic E-state index is -0.587. The maximum absolute atomic E-state index is 13.2. The summed E-state index contributed by atoms with van der Waals surface area (Å²) in [6.45, 7) is 1.96. The van der Waals surface area contributed by atoms with E-state index in [1.165, 1.54) is 24.3 Å². The Labute approximate surface area is 108 Å². The van der Waals surface area contributed by atoms with Gasteiger partial charge >= 0.3 is 5.97 Å². The van der Waals surface area contributed by atoms with Crippen LogP contribution in [0.3, 0.4) is 0 Å². The number of carbonyl (C=O) groups is 1. The van der Waals surface area contributed by atoms with E-state index in [0.717, 1.165) is 0 Å². The number of benzene rings is 1. The Morgan fingerprint density at radius 1 is 1.53 bits per heavy atom. The third kappa shape index (κ3) is 2.60. The highest BCUT2D eigenvalue weighted by atomic mass is 19.1. The zero-order valence-electron chi connectivity index (χ0n) is 10.1. The summed E-state index contributed by atoms with van der Waals surface area (Å²) in [5.74, 6) is -1.12. The lowest BCUT2D eigenvalue weighted by Crippen LogP contribution is -2.04. The molecule has 0 bridgehead atoms. The average molecular weight is 259 g/mol. The molecule has 0 aliphatic heterocycles. The van der Waals surface area contributed by atoms with E-state index < -0.39 is 11.8 Å². The molecule has 0 radical (unpaired) electrons. The summed E-state index contributed by atoms with van der Waals surface area (Å²) in [6.07, 6.45) is 0. The van der Waals surface area contributed by atoms with E-state index in [-0.39, 0.29) is 17.9 Å². The first-order valence-electron chi connectivity index (χ1n) is 5.58. The van der Waals surface area contributed by atoms with Crippen molar-refractivity contribution in [1.29, 1.82) is 5.26 Å². The molecule has 19 heavy (non-hydrogen) atoms. The maximum atomic E-state index is 13.2. The minimum absolute atomic E-state index is 0.0650. The molecule has 0 atom stereocenters. The van der Waals surface area contributed by atoms with E-state index in [1.807, 2.05) is 0 Å². The maximum Gasteiger partial charge on any atom is 0.358 e. The van der Waals surface area contributed by atoms with Crippen molar-refractivity contribution in [2.45, 2.75) is 6.92 Å². The first-order chi connectivity index (χ1) is 9.15. The van der Waals surface area contributed by atoms with Gasteiger partial charge in [-0.15, -0.1) is 0 Å². The number of aromatic amines is 1. The number of aromatic nitrogens is 2. The van der Waals surface area contributed by atoms with Crippen LogP contribution in [0, 0.1) is 17.1 Å². The molecule has 5 nitrogen and oxygen atoms in total. The largest absolute Gasteiger partial charge is 0.461 e. The van der Waals surface area contributed by atoms with Crippen LogP contribution in [0.2, 0.25) is 0 Å². The minimum Gasteiger partial charge on any atom is -0.461 e. The number of esters is 1. The van der Waals surface area contributed by atoms with Crippen LogP contribution in [-0.2, 0) is 4.74 Å². The Morgan fingerprint density at radius 3 is 3.00 bits per heavy atom. The number of nitriles is 1. The molecule has 1 aromatic carbocycles. The SMILES string of the molecule is CCOC(=O)c1cc(-c2ccc(F)c(C#N)c2)[nH]n1. The lowest BCUT2D eigenvalue weighted by molar-refractivity contribution is 0.0519. The second-order valence-electron chi connectivity index (χ2n) is 3.69. The quantitative estimate of drug-likeness (QED) is 0.857. The van der Waals surface area contributed by atoms with Crippen LogP contribution in [0.1, 0.15) is 23.0 Å². The molecule has 0 fully saturated rings. The predicted molar refractivity (Wildman–Crippen MR) is 64.7 cm³/mol. The van der Waals surface area contributed by atoms with Crippen LogP contribution >= 0.6 is 0 Å². The smallest absolute Gasteiger partial charge is 0.358 e. The molecule has 96 valence electrons. The summed E-state index contributed by atoms with van der Waals surface area (Å²) in [5, 5.41) is 15.2. The highest BCUT2D eigenvalue weighted by molar-refractivity contribution is 5.88. The standard InChI is InChI=1S/C13H10FN3O2/c1-2-19-13(18)12-6-11(16-17-12)8-3-4-10(14)9(5-8)7-15/h3-6H,2H2,1H3,(H,16,17). The number of carbonyl (C=O) groups excluding carboxylic acids is 1. The molecule has 0 aliphatic rings. The zero-order valence-corrected chi connectivity index (χ0v) is 10.1. The van der Waals surface area contributed by atoms with Crippen molar-refractivity contribution in [3.05, 3.63) is 41.3 Å². The van der Waals surface area contributed by atoms with Crippen molar-refractivity contribution in [3.63, 3.8) is 0 Å². The Kier molecular flexibility index (Phi) is 3.57. The van der Waals surface area contributed by atoms with E-state index in [9.17, 15) is 9.18 Å². The van der Waals surface area contributed by atoms with Crippen LogP contribution < -0.4 is 0 Å². The number of nitrogens with zero attached hydrogens (tertiary/aromatic N) is 2. The lowest BCUT2D eigenvalue weighted by atomic mass is 10.1. The van der Waals surface area contributed by atoms with Gasteiger partial charge in [-0.3, -0.25) is 5.10 Å². The molecular weight excluding hydrogens is 249 g/mol. The van der Waals surface area contributed by atoms with Gasteiger partial charge in [0.25, 0.3) is 0 Å². The van der Waals surface area contributed by atoms with Gasteiger partial charge in [0.2, 0.25) is 0 Å². The van der Waals surface area contributed by atoms with E-state index in [0.29, 0.717) is 11.3 Å². The fourth-order valence-electron chi connectivity index (χ4n) is 1.56. The topological polar surface area (TPSA) is 78.8 Å². The summed E-state index contributed by atoms with van der Waals surface area (Å²) >= 11 is 0. The van der Waals surface area contributed by atoms with E-state index in [1.54, 1.807) is 13.0 Å². The van der Waals surface area contributed by atoms with Crippen molar-refractivity contribution < 1.29 is 13.9 Å². The molecule has 2 rings (SSSR count). The Morgan fingerprint density at radius 2 is 2.32 bits per heavy atom. The Balaban J connectivity index is 2.33. The molecule has 1 N–H and O–H groups in total. The number of ether oxygens (including phenoxy) is 1. The van der Waals surface area contributed by atoms with Gasteiger partial charge in [0.1, 0.15) is 11.9 Å². The zero-order chi connectivity index (χ0) is 13.8. The normalized spacial score (nSPS) is 9.95. The monoisotopic (exact) mass is 259 g/mol. The molecular formula is C13H10FN3O2. The van der Waals surface area contributed by atoms with Crippen molar-refractivity contribution in [2.75, 3.05) is 6.61 Å². The number of rotatable bonds is 3. The van der Waals surface area contributed by atoms with Crippen molar-refractivity contribution in [3.8, 4) is 17.3 Å². The third-order valence-electron chi connectivity index (χ3n) is 2.46. The van der Waals surface area contributed by atoms with Gasteiger partial charge in [0.05, 0.1) is 17.9 Å². The summed E-state index contributed by atoms with van der Waals surface area (Å²) < 4.78 is 18.0. The average Bonchev–Trinajstić information content (AvgIpc) is 2.89. The van der Waals surface area contributed by atoms with Crippen LogP contribution in [-0.4, -0.2) is 22.8 Å². The third-order valence-corrected chi connectivity index (χ3v) is 2.46. The molecule has 1 aromatic heterocycles. The number of hydrogen-bond acceptors (Lipinski definition) is 4. The van der Waals surface area contributed by atoms with E-state index in [4.69, 9.17) is 10.00 Å². The fraction of sp³-hybridized carbons (Fsp3) is 0.154. The van der Waals surface area contributed by atoms with Crippen molar-refractivity contribution >= 4 is 5.97 Å². The van der Waals surface area contributed by atoms with Crippen LogP contribution in [0.25, 0.3) is 11.3 Å². The summed E-state index contributed by atoms with van der Waals surface area (Å²) in [5.41, 5.74) is 1.16. The van der Waals surface area contributed by atoms with Gasteiger partial charge in [0.15, 0.2) is 5.69 Å². The predicted octanol–water partition coefficient (Wildman–Crippen LogP) is 2.26. The van der Waals surface area contributed by atoms with Crippen molar-refractivity contribution in [2.24, 2.45) is 0 Å². The first-order valence-corrected chi connectivity index (χ1v) is 5.58. The highest BCUT2D eigenvalue weighted by Crippen LogP contribution is 2.20. The van der Waals surface area contributed by atoms with Crippen molar-refractivity contribution in [1.82, 2.24) is 10.2 Å². The molecule has 0 saturated carbocycles. The van der Waals surface area contributed by atoms with E-state index in [2.05, 4.69) is 10.2 Å². The first kappa shape index (κ1) is 12.8.